The SMILES string of the molecule is CN=C(NCC(C(=O)N1CCOCC1)c1ccccc1)NC(C)COC.I. The largest absolute Gasteiger partial charge is 0.383 e. The monoisotopic (exact) mass is 490 g/mol. The second-order valence-electron chi connectivity index (χ2n) is 6.35. The van der Waals surface area contributed by atoms with Crippen LogP contribution in [0.4, 0.5) is 0 Å². The molecule has 27 heavy (non-hydrogen) atoms. The van der Waals surface area contributed by atoms with Crippen molar-refractivity contribution in [1.82, 2.24) is 15.5 Å². The molecule has 2 unspecified atom stereocenters. The lowest BCUT2D eigenvalue weighted by atomic mass is 9.97. The van der Waals surface area contributed by atoms with E-state index < -0.39 is 0 Å². The van der Waals surface area contributed by atoms with Gasteiger partial charge in [0, 0.05) is 39.8 Å². The van der Waals surface area contributed by atoms with Gasteiger partial charge < -0.3 is 25.0 Å². The minimum Gasteiger partial charge on any atom is -0.383 e. The zero-order valence-corrected chi connectivity index (χ0v) is 18.6. The molecule has 8 heteroatoms. The van der Waals surface area contributed by atoms with Crippen molar-refractivity contribution in [3.63, 3.8) is 0 Å². The van der Waals surface area contributed by atoms with Gasteiger partial charge in [0.1, 0.15) is 0 Å². The average Bonchev–Trinajstić information content (AvgIpc) is 2.68. The van der Waals surface area contributed by atoms with Crippen LogP contribution in [-0.2, 0) is 14.3 Å². The fourth-order valence-electron chi connectivity index (χ4n) is 2.96. The minimum absolute atomic E-state index is 0. The molecule has 1 aromatic carbocycles. The predicted molar refractivity (Wildman–Crippen MR) is 118 cm³/mol. The number of morpholine rings is 1. The Balaban J connectivity index is 0.00000364. The van der Waals surface area contributed by atoms with Gasteiger partial charge in [-0.05, 0) is 12.5 Å². The molecule has 1 heterocycles. The standard InChI is InChI=1S/C19H30N4O3.HI/c1-15(14-25-3)22-19(20-2)21-13-17(16-7-5-4-6-8-16)18(24)23-9-11-26-12-10-23;/h4-8,15,17H,9-14H2,1-3H3,(H2,20,21,22);1H. The zero-order chi connectivity index (χ0) is 18.8. The molecule has 0 spiro atoms. The molecule has 2 N–H and O–H groups in total. The molecular formula is C19H31IN4O3. The van der Waals surface area contributed by atoms with Crippen LogP contribution >= 0.6 is 24.0 Å². The molecule has 0 bridgehead atoms. The lowest BCUT2D eigenvalue weighted by molar-refractivity contribution is -0.136. The Labute approximate surface area is 178 Å². The molecule has 1 saturated heterocycles. The molecular weight excluding hydrogens is 459 g/mol. The Bertz CT molecular complexity index is 580. The van der Waals surface area contributed by atoms with E-state index in [2.05, 4.69) is 15.6 Å². The Morgan fingerprint density at radius 3 is 2.56 bits per heavy atom. The van der Waals surface area contributed by atoms with Crippen LogP contribution in [0.3, 0.4) is 0 Å². The topological polar surface area (TPSA) is 75.2 Å². The molecule has 1 fully saturated rings. The van der Waals surface area contributed by atoms with Crippen LogP contribution in [0, 0.1) is 0 Å². The summed E-state index contributed by atoms with van der Waals surface area (Å²) in [5.74, 6) is 0.503. The van der Waals surface area contributed by atoms with Crippen LogP contribution in [0.1, 0.15) is 18.4 Å². The lowest BCUT2D eigenvalue weighted by Crippen LogP contribution is -2.48. The maximum absolute atomic E-state index is 13.1. The van der Waals surface area contributed by atoms with Crippen molar-refractivity contribution in [1.29, 1.82) is 0 Å². The Morgan fingerprint density at radius 2 is 1.96 bits per heavy atom. The number of carbonyl (C=O) groups is 1. The Hall–Kier alpha value is -1.39. The maximum atomic E-state index is 13.1. The fraction of sp³-hybridized carbons (Fsp3) is 0.579. The highest BCUT2D eigenvalue weighted by Crippen LogP contribution is 2.18. The number of halogens is 1. The number of nitrogens with one attached hydrogen (secondary N) is 2. The van der Waals surface area contributed by atoms with Gasteiger partial charge in [-0.25, -0.2) is 0 Å². The van der Waals surface area contributed by atoms with Gasteiger partial charge >= 0.3 is 0 Å². The molecule has 2 rings (SSSR count). The van der Waals surface area contributed by atoms with E-state index in [0.29, 0.717) is 45.4 Å². The smallest absolute Gasteiger partial charge is 0.232 e. The molecule has 152 valence electrons. The van der Waals surface area contributed by atoms with Gasteiger partial charge in [-0.3, -0.25) is 9.79 Å². The second-order valence-corrected chi connectivity index (χ2v) is 6.35. The van der Waals surface area contributed by atoms with Crippen molar-refractivity contribution < 1.29 is 14.3 Å². The number of amides is 1. The fourth-order valence-corrected chi connectivity index (χ4v) is 2.96. The van der Waals surface area contributed by atoms with E-state index in [1.165, 1.54) is 0 Å². The lowest BCUT2D eigenvalue weighted by Gasteiger charge is -2.31. The van der Waals surface area contributed by atoms with Gasteiger partial charge in [0.25, 0.3) is 0 Å². The molecule has 0 aromatic heterocycles. The Morgan fingerprint density at radius 1 is 1.30 bits per heavy atom. The third-order valence-electron chi connectivity index (χ3n) is 4.32. The number of benzene rings is 1. The van der Waals surface area contributed by atoms with Crippen LogP contribution in [0.25, 0.3) is 0 Å². The van der Waals surface area contributed by atoms with Crippen LogP contribution in [0.5, 0.6) is 0 Å². The number of aliphatic imine (C=N–C) groups is 1. The normalized spacial score (nSPS) is 16.9. The molecule has 0 saturated carbocycles. The molecule has 7 nitrogen and oxygen atoms in total. The highest BCUT2D eigenvalue weighted by molar-refractivity contribution is 14.0. The van der Waals surface area contributed by atoms with Gasteiger partial charge in [0.15, 0.2) is 5.96 Å². The number of hydrogen-bond acceptors (Lipinski definition) is 4. The number of methoxy groups -OCH3 is 1. The number of carbonyl (C=O) groups excluding carboxylic acids is 1. The summed E-state index contributed by atoms with van der Waals surface area (Å²) < 4.78 is 10.5. The number of nitrogens with zero attached hydrogens (tertiary/aromatic N) is 2. The third-order valence-corrected chi connectivity index (χ3v) is 4.32. The van der Waals surface area contributed by atoms with E-state index in [0.717, 1.165) is 5.56 Å². The number of ether oxygens (including phenoxy) is 2. The maximum Gasteiger partial charge on any atom is 0.232 e. The van der Waals surface area contributed by atoms with Crippen molar-refractivity contribution in [3.05, 3.63) is 35.9 Å². The van der Waals surface area contributed by atoms with E-state index in [9.17, 15) is 4.79 Å². The van der Waals surface area contributed by atoms with Crippen molar-refractivity contribution in [2.45, 2.75) is 18.9 Å². The van der Waals surface area contributed by atoms with E-state index >= 15 is 0 Å². The molecule has 1 aromatic rings. The summed E-state index contributed by atoms with van der Waals surface area (Å²) in [4.78, 5) is 19.2. The van der Waals surface area contributed by atoms with Gasteiger partial charge in [-0.1, -0.05) is 30.3 Å². The first kappa shape index (κ1) is 23.6. The number of hydrogen-bond donors (Lipinski definition) is 2. The summed E-state index contributed by atoms with van der Waals surface area (Å²) in [6, 6.07) is 9.99. The Kier molecular flexibility index (Phi) is 11.3. The molecule has 0 aliphatic carbocycles. The minimum atomic E-state index is -0.273. The van der Waals surface area contributed by atoms with E-state index in [1.807, 2.05) is 42.2 Å². The van der Waals surface area contributed by atoms with Crippen molar-refractivity contribution in [3.8, 4) is 0 Å². The highest BCUT2D eigenvalue weighted by Gasteiger charge is 2.27. The first-order chi connectivity index (χ1) is 12.7. The van der Waals surface area contributed by atoms with Gasteiger partial charge in [0.2, 0.25) is 5.91 Å². The average molecular weight is 490 g/mol. The predicted octanol–water partition coefficient (Wildman–Crippen LogP) is 1.45. The van der Waals surface area contributed by atoms with Crippen LogP contribution in [0.15, 0.2) is 35.3 Å². The summed E-state index contributed by atoms with van der Waals surface area (Å²) in [5, 5.41) is 6.54. The van der Waals surface area contributed by atoms with Gasteiger partial charge in [0.05, 0.1) is 25.7 Å². The summed E-state index contributed by atoms with van der Waals surface area (Å²) >= 11 is 0. The summed E-state index contributed by atoms with van der Waals surface area (Å²) in [7, 11) is 3.39. The van der Waals surface area contributed by atoms with Crippen LogP contribution < -0.4 is 10.6 Å². The second kappa shape index (κ2) is 12.9. The third kappa shape index (κ3) is 7.63. The summed E-state index contributed by atoms with van der Waals surface area (Å²) in [5.41, 5.74) is 0.997. The van der Waals surface area contributed by atoms with E-state index in [4.69, 9.17) is 9.47 Å². The molecule has 2 atom stereocenters. The first-order valence-electron chi connectivity index (χ1n) is 9.03. The van der Waals surface area contributed by atoms with Gasteiger partial charge in [-0.2, -0.15) is 0 Å². The molecule has 1 amide bonds. The summed E-state index contributed by atoms with van der Waals surface area (Å²) in [6.07, 6.45) is 0. The van der Waals surface area contributed by atoms with Crippen LogP contribution in [-0.4, -0.2) is 76.4 Å². The van der Waals surface area contributed by atoms with Crippen molar-refractivity contribution in [2.75, 3.05) is 53.6 Å². The van der Waals surface area contributed by atoms with E-state index in [1.54, 1.807) is 14.2 Å². The zero-order valence-electron chi connectivity index (χ0n) is 16.3. The summed E-state index contributed by atoms with van der Waals surface area (Å²) in [6.45, 7) is 5.54. The molecule has 1 aliphatic rings. The quantitative estimate of drug-likeness (QED) is 0.344. The number of rotatable bonds is 7. The van der Waals surface area contributed by atoms with E-state index in [-0.39, 0.29) is 41.8 Å². The van der Waals surface area contributed by atoms with Crippen LogP contribution in [0.2, 0.25) is 0 Å². The van der Waals surface area contributed by atoms with Crippen molar-refractivity contribution in [2.24, 2.45) is 4.99 Å². The van der Waals surface area contributed by atoms with Gasteiger partial charge in [-0.15, -0.1) is 24.0 Å². The molecule has 0 radical (unpaired) electrons. The first-order valence-corrected chi connectivity index (χ1v) is 9.03. The number of guanidine groups is 1. The van der Waals surface area contributed by atoms with Crippen molar-refractivity contribution >= 4 is 35.8 Å². The molecule has 1 aliphatic heterocycles. The highest BCUT2D eigenvalue weighted by atomic mass is 127.